The summed E-state index contributed by atoms with van der Waals surface area (Å²) in [6.45, 7) is 3.94. The van der Waals surface area contributed by atoms with Crippen molar-refractivity contribution in [2.24, 2.45) is 0 Å². The number of nitrogens with one attached hydrogen (secondary N) is 1. The van der Waals surface area contributed by atoms with E-state index in [1.54, 1.807) is 6.92 Å². The summed E-state index contributed by atoms with van der Waals surface area (Å²) in [5, 5.41) is 2.97. The van der Waals surface area contributed by atoms with Crippen LogP contribution < -0.4 is 29.3 Å². The first kappa shape index (κ1) is 13.2. The highest BCUT2D eigenvalue weighted by molar-refractivity contribution is 5.73. The Morgan fingerprint density at radius 2 is 1.77 bits per heavy atom. The molecule has 1 amide bonds. The second kappa shape index (κ2) is 5.14. The van der Waals surface area contributed by atoms with Crippen molar-refractivity contribution in [2.75, 3.05) is 27.2 Å². The zero-order valence-corrected chi connectivity index (χ0v) is 10.8. The Hall–Kier alpha value is 0.160. The Kier molecular flexibility index (Phi) is 5.21. The van der Waals surface area contributed by atoms with E-state index < -0.39 is 0 Å². The van der Waals surface area contributed by atoms with E-state index in [1.807, 2.05) is 0 Å². The molecule has 1 aliphatic rings. The molecule has 1 rings (SSSR count). The zero-order valence-electron chi connectivity index (χ0n) is 8.64. The van der Waals surface area contributed by atoms with Crippen molar-refractivity contribution in [3.8, 4) is 0 Å². The molecular weight excluding hydrogens is 279 g/mol. The Balaban J connectivity index is 0.00000144. The fourth-order valence-corrected chi connectivity index (χ4v) is 1.70. The molecule has 1 N–H and O–H groups in total. The number of rotatable bonds is 1. The highest BCUT2D eigenvalue weighted by Crippen LogP contribution is 2.13. The van der Waals surface area contributed by atoms with Crippen LogP contribution in [0.5, 0.6) is 0 Å². The molecule has 0 bridgehead atoms. The Labute approximate surface area is 97.5 Å². The Morgan fingerprint density at radius 1 is 1.31 bits per heavy atom. The van der Waals surface area contributed by atoms with Gasteiger partial charge in [-0.25, -0.2) is 0 Å². The first-order valence-corrected chi connectivity index (χ1v) is 4.59. The van der Waals surface area contributed by atoms with E-state index in [9.17, 15) is 4.79 Å². The van der Waals surface area contributed by atoms with E-state index >= 15 is 0 Å². The molecule has 1 heterocycles. The fourth-order valence-electron chi connectivity index (χ4n) is 1.70. The standard InChI is InChI=1S/C9H18N2O.HI/c1-8(12)10-9-4-6-11(2,3)7-5-9;/h9H,4-7H2,1-3H3;1H. The predicted molar refractivity (Wildman–Crippen MR) is 48.7 cm³/mol. The smallest absolute Gasteiger partial charge is 0.217 e. The average molecular weight is 298 g/mol. The second-order valence-corrected chi connectivity index (χ2v) is 4.36. The summed E-state index contributed by atoms with van der Waals surface area (Å²) in [6, 6.07) is 0.425. The third-order valence-electron chi connectivity index (χ3n) is 2.57. The van der Waals surface area contributed by atoms with Crippen LogP contribution in [-0.4, -0.2) is 43.6 Å². The molecule has 0 radical (unpaired) electrons. The van der Waals surface area contributed by atoms with E-state index in [2.05, 4.69) is 19.4 Å². The van der Waals surface area contributed by atoms with Gasteiger partial charge in [-0.05, 0) is 0 Å². The van der Waals surface area contributed by atoms with Crippen molar-refractivity contribution in [2.45, 2.75) is 25.8 Å². The first-order chi connectivity index (χ1) is 5.49. The molecule has 1 fully saturated rings. The minimum absolute atomic E-state index is 0. The zero-order chi connectivity index (χ0) is 9.19. The molecule has 3 nitrogen and oxygen atoms in total. The van der Waals surface area contributed by atoms with E-state index in [0.29, 0.717) is 6.04 Å². The van der Waals surface area contributed by atoms with Crippen LogP contribution in [0.2, 0.25) is 0 Å². The van der Waals surface area contributed by atoms with Crippen LogP contribution in [0.4, 0.5) is 0 Å². The van der Waals surface area contributed by atoms with E-state index in [-0.39, 0.29) is 29.9 Å². The number of hydrogen-bond donors (Lipinski definition) is 1. The Morgan fingerprint density at radius 3 is 2.15 bits per heavy atom. The molecule has 1 aliphatic heterocycles. The van der Waals surface area contributed by atoms with Gasteiger partial charge in [0, 0.05) is 25.8 Å². The number of amides is 1. The topological polar surface area (TPSA) is 29.1 Å². The summed E-state index contributed by atoms with van der Waals surface area (Å²) in [7, 11) is 4.48. The number of carbonyl (C=O) groups is 1. The van der Waals surface area contributed by atoms with Gasteiger partial charge in [0.05, 0.1) is 27.2 Å². The molecule has 0 aliphatic carbocycles. The Bertz CT molecular complexity index is 172. The van der Waals surface area contributed by atoms with Gasteiger partial charge >= 0.3 is 0 Å². The van der Waals surface area contributed by atoms with Gasteiger partial charge in [-0.3, -0.25) is 4.79 Å². The summed E-state index contributed by atoms with van der Waals surface area (Å²) in [6.07, 6.45) is 2.24. The first-order valence-electron chi connectivity index (χ1n) is 4.59. The SMILES string of the molecule is CC(=O)NC1CC[N+](C)(C)CC1.[I-]. The molecule has 0 aromatic rings. The van der Waals surface area contributed by atoms with Gasteiger partial charge in [-0.1, -0.05) is 0 Å². The maximum atomic E-state index is 10.8. The second-order valence-electron chi connectivity index (χ2n) is 4.36. The third-order valence-corrected chi connectivity index (χ3v) is 2.57. The number of nitrogens with zero attached hydrogens (tertiary/aromatic N) is 1. The lowest BCUT2D eigenvalue weighted by Crippen LogP contribution is -3.00. The van der Waals surface area contributed by atoms with Crippen LogP contribution in [0.25, 0.3) is 0 Å². The maximum absolute atomic E-state index is 10.8. The van der Waals surface area contributed by atoms with Crippen molar-refractivity contribution in [1.29, 1.82) is 0 Å². The average Bonchev–Trinajstić information content (AvgIpc) is 1.93. The quantitative estimate of drug-likeness (QED) is 0.416. The van der Waals surface area contributed by atoms with Crippen LogP contribution in [0.1, 0.15) is 19.8 Å². The highest BCUT2D eigenvalue weighted by Gasteiger charge is 2.25. The summed E-state index contributed by atoms with van der Waals surface area (Å²) in [5.41, 5.74) is 0. The third kappa shape index (κ3) is 4.81. The molecule has 0 saturated carbocycles. The van der Waals surface area contributed by atoms with Crippen LogP contribution >= 0.6 is 0 Å². The van der Waals surface area contributed by atoms with Crippen LogP contribution in [-0.2, 0) is 4.79 Å². The number of quaternary nitrogens is 1. The number of carbonyl (C=O) groups excluding carboxylic acids is 1. The van der Waals surface area contributed by atoms with Gasteiger partial charge in [-0.15, -0.1) is 0 Å². The van der Waals surface area contributed by atoms with Crippen molar-refractivity contribution in [3.63, 3.8) is 0 Å². The summed E-state index contributed by atoms with van der Waals surface area (Å²) >= 11 is 0. The minimum Gasteiger partial charge on any atom is -1.00 e. The van der Waals surface area contributed by atoms with Crippen molar-refractivity contribution < 1.29 is 33.3 Å². The summed E-state index contributed by atoms with van der Waals surface area (Å²) < 4.78 is 1.09. The lowest BCUT2D eigenvalue weighted by atomic mass is 10.0. The lowest BCUT2D eigenvalue weighted by Gasteiger charge is -2.37. The van der Waals surface area contributed by atoms with Crippen LogP contribution in [0.15, 0.2) is 0 Å². The largest absolute Gasteiger partial charge is 1.00 e. The number of piperidine rings is 1. The fraction of sp³-hybridized carbons (Fsp3) is 0.889. The maximum Gasteiger partial charge on any atom is 0.217 e. The summed E-state index contributed by atoms with van der Waals surface area (Å²) in [4.78, 5) is 10.8. The molecule has 0 spiro atoms. The molecule has 0 unspecified atom stereocenters. The normalized spacial score (nSPS) is 21.8. The molecule has 0 atom stereocenters. The summed E-state index contributed by atoms with van der Waals surface area (Å²) in [5.74, 6) is 0.104. The van der Waals surface area contributed by atoms with Gasteiger partial charge < -0.3 is 33.8 Å². The van der Waals surface area contributed by atoms with Crippen molar-refractivity contribution in [3.05, 3.63) is 0 Å². The number of halogens is 1. The predicted octanol–water partition coefficient (Wildman–Crippen LogP) is -2.63. The van der Waals surface area contributed by atoms with E-state index in [1.165, 1.54) is 13.1 Å². The van der Waals surface area contributed by atoms with E-state index in [4.69, 9.17) is 0 Å². The van der Waals surface area contributed by atoms with Crippen LogP contribution in [0, 0.1) is 0 Å². The van der Waals surface area contributed by atoms with Gasteiger partial charge in [0.15, 0.2) is 0 Å². The molecule has 78 valence electrons. The minimum atomic E-state index is 0. The number of likely N-dealkylation sites (tertiary alicyclic amines) is 1. The van der Waals surface area contributed by atoms with Gasteiger partial charge in [0.25, 0.3) is 0 Å². The molecule has 4 heteroatoms. The van der Waals surface area contributed by atoms with E-state index in [0.717, 1.165) is 17.3 Å². The van der Waals surface area contributed by atoms with Gasteiger partial charge in [0.2, 0.25) is 5.91 Å². The highest BCUT2D eigenvalue weighted by atomic mass is 127. The molecule has 0 aromatic heterocycles. The molecule has 13 heavy (non-hydrogen) atoms. The molecule has 1 saturated heterocycles. The lowest BCUT2D eigenvalue weighted by molar-refractivity contribution is -0.895. The van der Waals surface area contributed by atoms with Gasteiger partial charge in [-0.2, -0.15) is 0 Å². The van der Waals surface area contributed by atoms with Gasteiger partial charge in [0.1, 0.15) is 0 Å². The van der Waals surface area contributed by atoms with Crippen LogP contribution in [0.3, 0.4) is 0 Å². The number of hydrogen-bond acceptors (Lipinski definition) is 1. The molecule has 0 aromatic carbocycles. The monoisotopic (exact) mass is 298 g/mol. The molecular formula is C9H19IN2O. The van der Waals surface area contributed by atoms with Crippen molar-refractivity contribution >= 4 is 5.91 Å². The van der Waals surface area contributed by atoms with Crippen molar-refractivity contribution in [1.82, 2.24) is 5.32 Å².